The Bertz CT molecular complexity index is 656. The molecular formula is C15H15FN2O2. The Morgan fingerprint density at radius 1 is 1.20 bits per heavy atom. The van der Waals surface area contributed by atoms with Crippen LogP contribution in [-0.2, 0) is 6.54 Å². The van der Waals surface area contributed by atoms with Crippen molar-refractivity contribution in [1.82, 2.24) is 0 Å². The van der Waals surface area contributed by atoms with Crippen LogP contribution >= 0.6 is 0 Å². The lowest BCUT2D eigenvalue weighted by atomic mass is 10.1. The maximum absolute atomic E-state index is 13.5. The summed E-state index contributed by atoms with van der Waals surface area (Å²) in [6.07, 6.45) is 0. The predicted molar refractivity (Wildman–Crippen MR) is 76.3 cm³/mol. The summed E-state index contributed by atoms with van der Waals surface area (Å²) in [5.74, 6) is -0.810. The summed E-state index contributed by atoms with van der Waals surface area (Å²) in [5, 5.41) is 13.8. The first-order chi connectivity index (χ1) is 9.47. The van der Waals surface area contributed by atoms with Gasteiger partial charge >= 0.3 is 5.69 Å². The van der Waals surface area contributed by atoms with Crippen molar-refractivity contribution in [3.63, 3.8) is 0 Å². The van der Waals surface area contributed by atoms with Gasteiger partial charge in [0, 0.05) is 18.3 Å². The molecule has 0 spiro atoms. The number of anilines is 1. The second-order valence-electron chi connectivity index (χ2n) is 4.71. The van der Waals surface area contributed by atoms with Crippen LogP contribution in [0.5, 0.6) is 0 Å². The van der Waals surface area contributed by atoms with Crippen LogP contribution in [0.15, 0.2) is 36.4 Å². The topological polar surface area (TPSA) is 55.2 Å². The highest BCUT2D eigenvalue weighted by Gasteiger charge is 2.13. The first-order valence-electron chi connectivity index (χ1n) is 6.21. The molecule has 0 amide bonds. The highest BCUT2D eigenvalue weighted by Crippen LogP contribution is 2.20. The van der Waals surface area contributed by atoms with E-state index < -0.39 is 16.4 Å². The van der Waals surface area contributed by atoms with Gasteiger partial charge in [-0.2, -0.15) is 4.39 Å². The lowest BCUT2D eigenvalue weighted by Gasteiger charge is -2.10. The first-order valence-corrected chi connectivity index (χ1v) is 6.21. The van der Waals surface area contributed by atoms with Crippen molar-refractivity contribution < 1.29 is 9.31 Å². The van der Waals surface area contributed by atoms with Crippen LogP contribution in [-0.4, -0.2) is 4.92 Å². The molecule has 0 saturated heterocycles. The number of nitrogens with one attached hydrogen (secondary N) is 1. The molecule has 0 heterocycles. The van der Waals surface area contributed by atoms with Gasteiger partial charge in [-0.15, -0.1) is 0 Å². The van der Waals surface area contributed by atoms with Crippen LogP contribution < -0.4 is 5.32 Å². The van der Waals surface area contributed by atoms with Crippen LogP contribution in [0.4, 0.5) is 15.8 Å². The highest BCUT2D eigenvalue weighted by molar-refractivity contribution is 5.53. The van der Waals surface area contributed by atoms with E-state index in [1.807, 2.05) is 32.0 Å². The summed E-state index contributed by atoms with van der Waals surface area (Å²) in [4.78, 5) is 9.82. The Morgan fingerprint density at radius 3 is 2.60 bits per heavy atom. The van der Waals surface area contributed by atoms with Crippen LogP contribution in [0.3, 0.4) is 0 Å². The Kier molecular flexibility index (Phi) is 3.98. The summed E-state index contributed by atoms with van der Waals surface area (Å²) in [7, 11) is 0. The van der Waals surface area contributed by atoms with Crippen molar-refractivity contribution in [2.75, 3.05) is 5.32 Å². The van der Waals surface area contributed by atoms with Crippen LogP contribution in [0.2, 0.25) is 0 Å². The SMILES string of the molecule is Cc1ccc(C)c(NCc2ccc([N+](=O)[O-])c(F)c2)c1. The summed E-state index contributed by atoms with van der Waals surface area (Å²) < 4.78 is 13.5. The molecule has 5 heteroatoms. The monoisotopic (exact) mass is 274 g/mol. The largest absolute Gasteiger partial charge is 0.381 e. The van der Waals surface area contributed by atoms with E-state index >= 15 is 0 Å². The number of nitro benzene ring substituents is 1. The van der Waals surface area contributed by atoms with Gasteiger partial charge < -0.3 is 5.32 Å². The molecule has 0 aromatic heterocycles. The Labute approximate surface area is 116 Å². The van der Waals surface area contributed by atoms with Gasteiger partial charge in [0.05, 0.1) is 4.92 Å². The second kappa shape index (κ2) is 5.69. The number of aryl methyl sites for hydroxylation is 2. The smallest absolute Gasteiger partial charge is 0.304 e. The minimum absolute atomic E-state index is 0.416. The van der Waals surface area contributed by atoms with Crippen molar-refractivity contribution in [2.24, 2.45) is 0 Å². The molecule has 20 heavy (non-hydrogen) atoms. The molecule has 0 aliphatic heterocycles. The van der Waals surface area contributed by atoms with Crippen molar-refractivity contribution >= 4 is 11.4 Å². The summed E-state index contributed by atoms with van der Waals surface area (Å²) in [6.45, 7) is 4.40. The molecule has 0 aliphatic carbocycles. The second-order valence-corrected chi connectivity index (χ2v) is 4.71. The van der Waals surface area contributed by atoms with Crippen molar-refractivity contribution in [3.8, 4) is 0 Å². The third-order valence-electron chi connectivity index (χ3n) is 3.08. The quantitative estimate of drug-likeness (QED) is 0.678. The Morgan fingerprint density at radius 2 is 1.95 bits per heavy atom. The van der Waals surface area contributed by atoms with E-state index in [9.17, 15) is 14.5 Å². The van der Waals surface area contributed by atoms with E-state index in [4.69, 9.17) is 0 Å². The lowest BCUT2D eigenvalue weighted by molar-refractivity contribution is -0.387. The molecule has 0 saturated carbocycles. The molecule has 4 nitrogen and oxygen atoms in total. The number of rotatable bonds is 4. The van der Waals surface area contributed by atoms with Gasteiger partial charge in [-0.25, -0.2) is 0 Å². The van der Waals surface area contributed by atoms with Gasteiger partial charge in [0.1, 0.15) is 0 Å². The average molecular weight is 274 g/mol. The minimum atomic E-state index is -0.810. The molecule has 0 radical (unpaired) electrons. The van der Waals surface area contributed by atoms with Gasteiger partial charge in [0.15, 0.2) is 0 Å². The number of hydrogen-bond acceptors (Lipinski definition) is 3. The maximum atomic E-state index is 13.5. The molecule has 0 unspecified atom stereocenters. The molecular weight excluding hydrogens is 259 g/mol. The number of benzene rings is 2. The fraction of sp³-hybridized carbons (Fsp3) is 0.200. The molecule has 0 fully saturated rings. The van der Waals surface area contributed by atoms with E-state index in [2.05, 4.69) is 5.32 Å². The third kappa shape index (κ3) is 3.12. The Hall–Kier alpha value is -2.43. The number of nitro groups is 1. The molecule has 0 bridgehead atoms. The maximum Gasteiger partial charge on any atom is 0.304 e. The number of halogens is 1. The molecule has 2 aromatic rings. The van der Waals surface area contributed by atoms with Crippen molar-refractivity contribution in [3.05, 3.63) is 69.0 Å². The minimum Gasteiger partial charge on any atom is -0.381 e. The van der Waals surface area contributed by atoms with Gasteiger partial charge in [0.25, 0.3) is 0 Å². The van der Waals surface area contributed by atoms with Crippen LogP contribution in [0.25, 0.3) is 0 Å². The van der Waals surface area contributed by atoms with Gasteiger partial charge in [-0.05, 0) is 42.7 Å². The molecule has 104 valence electrons. The molecule has 0 atom stereocenters. The van der Waals surface area contributed by atoms with Gasteiger partial charge in [-0.3, -0.25) is 10.1 Å². The van der Waals surface area contributed by atoms with Crippen LogP contribution in [0.1, 0.15) is 16.7 Å². The summed E-state index contributed by atoms with van der Waals surface area (Å²) in [5.41, 5.74) is 3.37. The van der Waals surface area contributed by atoms with E-state index in [1.165, 1.54) is 12.1 Å². The Balaban J connectivity index is 2.13. The van der Waals surface area contributed by atoms with E-state index in [0.717, 1.165) is 16.8 Å². The third-order valence-corrected chi connectivity index (χ3v) is 3.08. The summed E-state index contributed by atoms with van der Waals surface area (Å²) in [6, 6.07) is 9.97. The van der Waals surface area contributed by atoms with Crippen LogP contribution in [0, 0.1) is 29.8 Å². The fourth-order valence-electron chi connectivity index (χ4n) is 1.93. The zero-order chi connectivity index (χ0) is 14.7. The average Bonchev–Trinajstić information content (AvgIpc) is 2.39. The van der Waals surface area contributed by atoms with E-state index in [1.54, 1.807) is 6.07 Å². The normalized spacial score (nSPS) is 10.3. The first kappa shape index (κ1) is 14.0. The highest BCUT2D eigenvalue weighted by atomic mass is 19.1. The lowest BCUT2D eigenvalue weighted by Crippen LogP contribution is -2.02. The van der Waals surface area contributed by atoms with E-state index in [0.29, 0.717) is 12.1 Å². The standard InChI is InChI=1S/C15H15FN2O2/c1-10-3-4-11(2)14(7-10)17-9-12-5-6-15(18(19)20)13(16)8-12/h3-8,17H,9H2,1-2H3. The van der Waals surface area contributed by atoms with Crippen molar-refractivity contribution in [1.29, 1.82) is 0 Å². The van der Waals surface area contributed by atoms with Gasteiger partial charge in [0.2, 0.25) is 5.82 Å². The molecule has 0 aliphatic rings. The zero-order valence-electron chi connectivity index (χ0n) is 11.3. The number of hydrogen-bond donors (Lipinski definition) is 1. The number of nitrogens with zero attached hydrogens (tertiary/aromatic N) is 1. The van der Waals surface area contributed by atoms with E-state index in [-0.39, 0.29) is 0 Å². The molecule has 1 N–H and O–H groups in total. The fourth-order valence-corrected chi connectivity index (χ4v) is 1.93. The molecule has 2 rings (SSSR count). The van der Waals surface area contributed by atoms with Gasteiger partial charge in [-0.1, -0.05) is 18.2 Å². The predicted octanol–water partition coefficient (Wildman–Crippen LogP) is 3.96. The zero-order valence-corrected chi connectivity index (χ0v) is 11.3. The summed E-state index contributed by atoms with van der Waals surface area (Å²) >= 11 is 0. The molecule has 2 aromatic carbocycles. The van der Waals surface area contributed by atoms with Crippen molar-refractivity contribution in [2.45, 2.75) is 20.4 Å².